The van der Waals surface area contributed by atoms with Crippen molar-refractivity contribution in [2.45, 2.75) is 6.18 Å². The van der Waals surface area contributed by atoms with Crippen LogP contribution in [0.15, 0.2) is 42.5 Å². The lowest BCUT2D eigenvalue weighted by atomic mass is 10.1. The lowest BCUT2D eigenvalue weighted by Crippen LogP contribution is -2.23. The Labute approximate surface area is 145 Å². The molecule has 1 N–H and O–H groups in total. The van der Waals surface area contributed by atoms with Crippen LogP contribution in [0.1, 0.15) is 15.9 Å². The first-order chi connectivity index (χ1) is 12.2. The van der Waals surface area contributed by atoms with Gasteiger partial charge in [-0.3, -0.25) is 4.79 Å². The highest BCUT2D eigenvalue weighted by atomic mass is 19.4. The average Bonchev–Trinajstić information content (AvgIpc) is 2.59. The van der Waals surface area contributed by atoms with Crippen molar-refractivity contribution in [1.82, 2.24) is 0 Å². The predicted molar refractivity (Wildman–Crippen MR) is 83.3 cm³/mol. The van der Waals surface area contributed by atoms with E-state index in [1.165, 1.54) is 25.3 Å². The SMILES string of the molecule is COc1ccc(C(=O)OCC(=O)Nc2ccccc2C(F)(F)F)c(F)c1. The van der Waals surface area contributed by atoms with Crippen LogP contribution in [0, 0.1) is 5.82 Å². The van der Waals surface area contributed by atoms with Gasteiger partial charge < -0.3 is 14.8 Å². The number of hydrogen-bond donors (Lipinski definition) is 1. The lowest BCUT2D eigenvalue weighted by molar-refractivity contribution is -0.137. The number of ether oxygens (including phenoxy) is 2. The molecule has 0 saturated carbocycles. The maximum atomic E-state index is 13.7. The molecule has 0 aliphatic heterocycles. The maximum Gasteiger partial charge on any atom is 0.418 e. The maximum absolute atomic E-state index is 13.7. The van der Waals surface area contributed by atoms with Crippen LogP contribution in [-0.2, 0) is 15.7 Å². The van der Waals surface area contributed by atoms with E-state index in [0.29, 0.717) is 0 Å². The first kappa shape index (κ1) is 19.2. The van der Waals surface area contributed by atoms with Gasteiger partial charge in [-0.25, -0.2) is 9.18 Å². The summed E-state index contributed by atoms with van der Waals surface area (Å²) in [6, 6.07) is 7.72. The number of rotatable bonds is 5. The summed E-state index contributed by atoms with van der Waals surface area (Å²) >= 11 is 0. The largest absolute Gasteiger partial charge is 0.497 e. The molecule has 9 heteroatoms. The van der Waals surface area contributed by atoms with Crippen molar-refractivity contribution in [3.05, 3.63) is 59.4 Å². The van der Waals surface area contributed by atoms with Crippen molar-refractivity contribution in [3.8, 4) is 5.75 Å². The van der Waals surface area contributed by atoms with Gasteiger partial charge in [-0.1, -0.05) is 12.1 Å². The first-order valence-corrected chi connectivity index (χ1v) is 7.19. The Hall–Kier alpha value is -3.10. The van der Waals surface area contributed by atoms with Gasteiger partial charge in [0.25, 0.3) is 5.91 Å². The van der Waals surface area contributed by atoms with Gasteiger partial charge in [0.1, 0.15) is 11.6 Å². The zero-order chi connectivity index (χ0) is 19.3. The summed E-state index contributed by atoms with van der Waals surface area (Å²) in [6.45, 7) is -0.878. The number of amides is 1. The Kier molecular flexibility index (Phi) is 5.81. The number of methoxy groups -OCH3 is 1. The number of benzene rings is 2. The first-order valence-electron chi connectivity index (χ1n) is 7.19. The van der Waals surface area contributed by atoms with Gasteiger partial charge in [0.2, 0.25) is 0 Å². The van der Waals surface area contributed by atoms with Crippen LogP contribution in [-0.4, -0.2) is 25.6 Å². The Morgan fingerprint density at radius 1 is 1.12 bits per heavy atom. The molecule has 0 heterocycles. The van der Waals surface area contributed by atoms with Gasteiger partial charge in [0.15, 0.2) is 6.61 Å². The molecule has 138 valence electrons. The molecule has 0 atom stereocenters. The van der Waals surface area contributed by atoms with E-state index < -0.39 is 47.3 Å². The fourth-order valence-electron chi connectivity index (χ4n) is 2.02. The topological polar surface area (TPSA) is 64.6 Å². The van der Waals surface area contributed by atoms with Crippen molar-refractivity contribution in [1.29, 1.82) is 0 Å². The van der Waals surface area contributed by atoms with Gasteiger partial charge in [-0.15, -0.1) is 0 Å². The molecule has 0 spiro atoms. The number of halogens is 4. The molecule has 5 nitrogen and oxygen atoms in total. The van der Waals surface area contributed by atoms with Crippen LogP contribution in [0.2, 0.25) is 0 Å². The van der Waals surface area contributed by atoms with Crippen LogP contribution in [0.5, 0.6) is 5.75 Å². The van der Waals surface area contributed by atoms with E-state index in [1.54, 1.807) is 0 Å². The van der Waals surface area contributed by atoms with Gasteiger partial charge in [0, 0.05) is 6.07 Å². The van der Waals surface area contributed by atoms with Crippen LogP contribution < -0.4 is 10.1 Å². The van der Waals surface area contributed by atoms with Gasteiger partial charge >= 0.3 is 12.1 Å². The number of hydrogen-bond acceptors (Lipinski definition) is 4. The summed E-state index contributed by atoms with van der Waals surface area (Å²) in [6.07, 6.45) is -4.66. The van der Waals surface area contributed by atoms with Crippen LogP contribution >= 0.6 is 0 Å². The molecule has 1 amide bonds. The summed E-state index contributed by atoms with van der Waals surface area (Å²) in [5.74, 6) is -2.87. The van der Waals surface area contributed by atoms with E-state index in [0.717, 1.165) is 24.3 Å². The van der Waals surface area contributed by atoms with Gasteiger partial charge in [0.05, 0.1) is 23.9 Å². The Morgan fingerprint density at radius 3 is 2.42 bits per heavy atom. The molecule has 0 unspecified atom stereocenters. The number of para-hydroxylation sites is 1. The Bertz CT molecular complexity index is 821. The highest BCUT2D eigenvalue weighted by Crippen LogP contribution is 2.34. The molecule has 0 saturated heterocycles. The standard InChI is InChI=1S/C17H13F4NO4/c1-25-10-6-7-11(13(18)8-10)16(24)26-9-15(23)22-14-5-3-2-4-12(14)17(19,20)21/h2-8H,9H2,1H3,(H,22,23). The second kappa shape index (κ2) is 7.85. The van der Waals surface area contributed by atoms with E-state index >= 15 is 0 Å². The molecule has 0 aliphatic rings. The quantitative estimate of drug-likeness (QED) is 0.644. The number of carbonyl (C=O) groups excluding carboxylic acids is 2. The molecule has 0 fully saturated rings. The Morgan fingerprint density at radius 2 is 1.81 bits per heavy atom. The fourth-order valence-corrected chi connectivity index (χ4v) is 2.02. The third-order valence-corrected chi connectivity index (χ3v) is 3.24. The number of esters is 1. The minimum absolute atomic E-state index is 0.181. The van der Waals surface area contributed by atoms with E-state index in [2.05, 4.69) is 4.74 Å². The average molecular weight is 371 g/mol. The van der Waals surface area contributed by atoms with Crippen LogP contribution in [0.25, 0.3) is 0 Å². The van der Waals surface area contributed by atoms with Crippen molar-refractivity contribution in [2.75, 3.05) is 19.0 Å². The molecule has 0 aromatic heterocycles. The molecule has 0 radical (unpaired) electrons. The summed E-state index contributed by atoms with van der Waals surface area (Å²) in [7, 11) is 1.32. The van der Waals surface area contributed by atoms with E-state index in [4.69, 9.17) is 4.74 Å². The minimum Gasteiger partial charge on any atom is -0.497 e. The monoisotopic (exact) mass is 371 g/mol. The second-order valence-electron chi connectivity index (χ2n) is 5.01. The Balaban J connectivity index is 2.01. The number of nitrogens with one attached hydrogen (secondary N) is 1. The van der Waals surface area contributed by atoms with Crippen molar-refractivity contribution >= 4 is 17.6 Å². The van der Waals surface area contributed by atoms with Gasteiger partial charge in [-0.05, 0) is 24.3 Å². The zero-order valence-electron chi connectivity index (χ0n) is 13.4. The third-order valence-electron chi connectivity index (χ3n) is 3.24. The molecule has 2 rings (SSSR count). The predicted octanol–water partition coefficient (Wildman–Crippen LogP) is 3.65. The summed E-state index contributed by atoms with van der Waals surface area (Å²) in [5.41, 5.74) is -1.95. The van der Waals surface area contributed by atoms with Crippen molar-refractivity contribution in [2.24, 2.45) is 0 Å². The fraction of sp³-hybridized carbons (Fsp3) is 0.176. The third kappa shape index (κ3) is 4.71. The molecule has 2 aromatic rings. The minimum atomic E-state index is -4.66. The van der Waals surface area contributed by atoms with Crippen molar-refractivity contribution < 1.29 is 36.6 Å². The molecule has 26 heavy (non-hydrogen) atoms. The van der Waals surface area contributed by atoms with Crippen molar-refractivity contribution in [3.63, 3.8) is 0 Å². The highest BCUT2D eigenvalue weighted by molar-refractivity contribution is 5.96. The van der Waals surface area contributed by atoms with E-state index in [1.807, 2.05) is 5.32 Å². The molecular weight excluding hydrogens is 358 g/mol. The summed E-state index contributed by atoms with van der Waals surface area (Å²) < 4.78 is 61.7. The van der Waals surface area contributed by atoms with Gasteiger partial charge in [-0.2, -0.15) is 13.2 Å². The normalized spacial score (nSPS) is 11.0. The molecule has 0 aliphatic carbocycles. The number of alkyl halides is 3. The molecular formula is C17H13F4NO4. The molecule has 2 aromatic carbocycles. The lowest BCUT2D eigenvalue weighted by Gasteiger charge is -2.13. The highest BCUT2D eigenvalue weighted by Gasteiger charge is 2.33. The summed E-state index contributed by atoms with van der Waals surface area (Å²) in [5, 5.41) is 2.01. The van der Waals surface area contributed by atoms with E-state index in [-0.39, 0.29) is 5.75 Å². The zero-order valence-corrected chi connectivity index (χ0v) is 13.4. The number of carbonyl (C=O) groups is 2. The molecule has 0 bridgehead atoms. The van der Waals surface area contributed by atoms with E-state index in [9.17, 15) is 27.2 Å². The van der Waals surface area contributed by atoms with Crippen LogP contribution in [0.4, 0.5) is 23.2 Å². The summed E-state index contributed by atoms with van der Waals surface area (Å²) in [4.78, 5) is 23.5. The smallest absolute Gasteiger partial charge is 0.418 e. The van der Waals surface area contributed by atoms with Crippen LogP contribution in [0.3, 0.4) is 0 Å². The number of anilines is 1. The second-order valence-corrected chi connectivity index (χ2v) is 5.01.